The van der Waals surface area contributed by atoms with Gasteiger partial charge in [0.25, 0.3) is 11.5 Å². The van der Waals surface area contributed by atoms with Gasteiger partial charge in [0.15, 0.2) is 11.5 Å². The Hall–Kier alpha value is -3.57. The van der Waals surface area contributed by atoms with E-state index in [2.05, 4.69) is 15.1 Å². The average molecular weight is 476 g/mol. The summed E-state index contributed by atoms with van der Waals surface area (Å²) >= 11 is 0. The van der Waals surface area contributed by atoms with Gasteiger partial charge in [-0.25, -0.2) is 9.37 Å². The molecule has 5 rings (SSSR count). The summed E-state index contributed by atoms with van der Waals surface area (Å²) in [4.78, 5) is 36.6. The molecule has 1 amide bonds. The molecule has 0 N–H and O–H groups in total. The van der Waals surface area contributed by atoms with Gasteiger partial charge in [-0.1, -0.05) is 0 Å². The molecule has 2 aliphatic heterocycles. The van der Waals surface area contributed by atoms with E-state index in [1.54, 1.807) is 17.9 Å². The predicted octanol–water partition coefficient (Wildman–Crippen LogP) is 2.56. The SMILES string of the molecule is Cc1cc2nc(C(=O)N3CC(C)(F)C3)cc(=O)n2nc1N1CCc2ncc(C(F)(F)F)cc2C1. The molecule has 12 heteroatoms. The van der Waals surface area contributed by atoms with Crippen molar-refractivity contribution in [2.75, 3.05) is 24.5 Å². The van der Waals surface area contributed by atoms with Crippen molar-refractivity contribution in [3.05, 3.63) is 62.8 Å². The first-order valence-corrected chi connectivity index (χ1v) is 10.6. The lowest BCUT2D eigenvalue weighted by Gasteiger charge is -2.41. The molecule has 2 aliphatic rings. The van der Waals surface area contributed by atoms with Gasteiger partial charge >= 0.3 is 6.18 Å². The van der Waals surface area contributed by atoms with Gasteiger partial charge < -0.3 is 9.80 Å². The number of likely N-dealkylation sites (tertiary alicyclic amines) is 1. The van der Waals surface area contributed by atoms with Crippen LogP contribution in [0.15, 0.2) is 29.2 Å². The minimum atomic E-state index is -4.49. The van der Waals surface area contributed by atoms with Crippen molar-refractivity contribution in [1.29, 1.82) is 0 Å². The number of aromatic nitrogens is 4. The maximum Gasteiger partial charge on any atom is 0.417 e. The molecule has 34 heavy (non-hydrogen) atoms. The number of alkyl halides is 4. The first kappa shape index (κ1) is 22.2. The fraction of sp³-hybridized carbons (Fsp3) is 0.409. The molecule has 8 nitrogen and oxygen atoms in total. The summed E-state index contributed by atoms with van der Waals surface area (Å²) in [5, 5.41) is 4.38. The number of nitrogens with zero attached hydrogens (tertiary/aromatic N) is 6. The lowest BCUT2D eigenvalue weighted by molar-refractivity contribution is -0.137. The molecule has 0 unspecified atom stereocenters. The largest absolute Gasteiger partial charge is 0.417 e. The quantitative estimate of drug-likeness (QED) is 0.529. The standard InChI is InChI=1S/C22H20F4N6O2/c1-12-5-17-28-16(20(34)31-10-21(2,23)11-31)7-18(33)32(17)29-19(12)30-4-3-15-13(9-30)6-14(8-27-15)22(24,25)26/h5-8H,3-4,9-11H2,1-2H3. The van der Waals surface area contributed by atoms with Gasteiger partial charge in [-0.3, -0.25) is 14.6 Å². The Balaban J connectivity index is 1.46. The molecule has 3 aromatic heterocycles. The van der Waals surface area contributed by atoms with Crippen LogP contribution in [-0.2, 0) is 19.1 Å². The van der Waals surface area contributed by atoms with Crippen molar-refractivity contribution >= 4 is 17.4 Å². The molecule has 0 atom stereocenters. The zero-order chi connectivity index (χ0) is 24.4. The molecular weight excluding hydrogens is 456 g/mol. The lowest BCUT2D eigenvalue weighted by Crippen LogP contribution is -2.59. The molecule has 0 spiro atoms. The minimum absolute atomic E-state index is 0.0650. The molecule has 0 aliphatic carbocycles. The normalized spacial score (nSPS) is 17.5. The Bertz CT molecular complexity index is 1380. The minimum Gasteiger partial charge on any atom is -0.350 e. The Morgan fingerprint density at radius 3 is 2.59 bits per heavy atom. The van der Waals surface area contributed by atoms with Gasteiger partial charge in [-0.2, -0.15) is 17.7 Å². The second-order valence-electron chi connectivity index (χ2n) is 8.97. The van der Waals surface area contributed by atoms with Crippen LogP contribution in [0.25, 0.3) is 5.65 Å². The Kier molecular flexibility index (Phi) is 4.88. The number of rotatable bonds is 2. The van der Waals surface area contributed by atoms with Crippen molar-refractivity contribution in [1.82, 2.24) is 24.5 Å². The third-order valence-corrected chi connectivity index (χ3v) is 6.03. The third kappa shape index (κ3) is 3.86. The summed E-state index contributed by atoms with van der Waals surface area (Å²) in [5.41, 5.74) is -1.10. The summed E-state index contributed by atoms with van der Waals surface area (Å²) in [6.07, 6.45) is -3.22. The van der Waals surface area contributed by atoms with Crippen molar-refractivity contribution in [2.45, 2.75) is 38.7 Å². The highest BCUT2D eigenvalue weighted by molar-refractivity contribution is 5.93. The van der Waals surface area contributed by atoms with Crippen LogP contribution in [0.4, 0.5) is 23.4 Å². The highest BCUT2D eigenvalue weighted by atomic mass is 19.4. The maximum absolute atomic E-state index is 13.8. The first-order valence-electron chi connectivity index (χ1n) is 10.6. The van der Waals surface area contributed by atoms with Crippen LogP contribution in [0.2, 0.25) is 0 Å². The Morgan fingerprint density at radius 1 is 1.18 bits per heavy atom. The number of fused-ring (bicyclic) bond motifs is 2. The van der Waals surface area contributed by atoms with E-state index < -0.39 is 28.9 Å². The Labute approximate surface area is 190 Å². The van der Waals surface area contributed by atoms with Crippen LogP contribution in [0.1, 0.15) is 39.8 Å². The number of hydrogen-bond donors (Lipinski definition) is 0. The van der Waals surface area contributed by atoms with Gasteiger partial charge in [-0.15, -0.1) is 5.10 Å². The molecule has 0 radical (unpaired) electrons. The van der Waals surface area contributed by atoms with Crippen LogP contribution < -0.4 is 10.5 Å². The van der Waals surface area contributed by atoms with Gasteiger partial charge in [-0.05, 0) is 37.1 Å². The summed E-state index contributed by atoms with van der Waals surface area (Å²) in [6.45, 7) is 3.62. The van der Waals surface area contributed by atoms with Crippen molar-refractivity contribution in [3.8, 4) is 0 Å². The number of carbonyl (C=O) groups is 1. The van der Waals surface area contributed by atoms with E-state index >= 15 is 0 Å². The zero-order valence-corrected chi connectivity index (χ0v) is 18.4. The molecule has 1 fully saturated rings. The number of anilines is 1. The van der Waals surface area contributed by atoms with E-state index in [1.165, 1.54) is 11.8 Å². The molecule has 1 saturated heterocycles. The zero-order valence-electron chi connectivity index (χ0n) is 18.4. The third-order valence-electron chi connectivity index (χ3n) is 6.03. The first-order chi connectivity index (χ1) is 15.9. The Morgan fingerprint density at radius 2 is 1.91 bits per heavy atom. The van der Waals surface area contributed by atoms with Gasteiger partial charge in [0.05, 0.1) is 18.7 Å². The molecule has 178 valence electrons. The van der Waals surface area contributed by atoms with Crippen LogP contribution in [0.5, 0.6) is 0 Å². The number of carbonyl (C=O) groups excluding carboxylic acids is 1. The van der Waals surface area contributed by atoms with E-state index in [9.17, 15) is 27.2 Å². The molecular formula is C22H20F4N6O2. The summed E-state index contributed by atoms with van der Waals surface area (Å²) in [5.74, 6) is -0.105. The van der Waals surface area contributed by atoms with Gasteiger partial charge in [0.1, 0.15) is 11.4 Å². The number of aryl methyl sites for hydroxylation is 1. The van der Waals surface area contributed by atoms with Crippen LogP contribution in [0.3, 0.4) is 0 Å². The molecule has 5 heterocycles. The van der Waals surface area contributed by atoms with Crippen LogP contribution >= 0.6 is 0 Å². The molecule has 0 bridgehead atoms. The molecule has 3 aromatic rings. The highest BCUT2D eigenvalue weighted by Crippen LogP contribution is 2.32. The van der Waals surface area contributed by atoms with Gasteiger partial charge in [0, 0.05) is 37.5 Å². The predicted molar refractivity (Wildman–Crippen MR) is 113 cm³/mol. The number of hydrogen-bond acceptors (Lipinski definition) is 6. The van der Waals surface area contributed by atoms with Gasteiger partial charge in [0.2, 0.25) is 0 Å². The van der Waals surface area contributed by atoms with Crippen molar-refractivity contribution in [3.63, 3.8) is 0 Å². The van der Waals surface area contributed by atoms with Crippen molar-refractivity contribution in [2.24, 2.45) is 0 Å². The number of amides is 1. The highest BCUT2D eigenvalue weighted by Gasteiger charge is 2.42. The maximum atomic E-state index is 13.8. The second kappa shape index (κ2) is 7.47. The number of halogens is 4. The van der Waals surface area contributed by atoms with E-state index in [4.69, 9.17) is 0 Å². The fourth-order valence-corrected chi connectivity index (χ4v) is 4.36. The molecule has 0 aromatic carbocycles. The smallest absolute Gasteiger partial charge is 0.350 e. The lowest BCUT2D eigenvalue weighted by atomic mass is 9.99. The monoisotopic (exact) mass is 476 g/mol. The van der Waals surface area contributed by atoms with E-state index in [-0.39, 0.29) is 31.0 Å². The second-order valence-corrected chi connectivity index (χ2v) is 8.97. The summed E-state index contributed by atoms with van der Waals surface area (Å²) < 4.78 is 54.1. The molecule has 0 saturated carbocycles. The number of pyridine rings is 1. The van der Waals surface area contributed by atoms with E-state index in [0.29, 0.717) is 35.6 Å². The summed E-state index contributed by atoms with van der Waals surface area (Å²) in [7, 11) is 0. The van der Waals surface area contributed by atoms with Crippen molar-refractivity contribution < 1.29 is 22.4 Å². The van der Waals surface area contributed by atoms with Crippen LogP contribution in [-0.4, -0.2) is 55.7 Å². The fourth-order valence-electron chi connectivity index (χ4n) is 4.36. The van der Waals surface area contributed by atoms with Crippen LogP contribution in [0, 0.1) is 6.92 Å². The van der Waals surface area contributed by atoms with E-state index in [0.717, 1.165) is 22.8 Å². The topological polar surface area (TPSA) is 83.7 Å². The summed E-state index contributed by atoms with van der Waals surface area (Å²) in [6, 6.07) is 3.74. The average Bonchev–Trinajstić information content (AvgIpc) is 2.75. The van der Waals surface area contributed by atoms with E-state index in [1.807, 2.05) is 0 Å².